The molecule has 5 aromatic rings. The minimum atomic E-state index is -0.477. The van der Waals surface area contributed by atoms with Gasteiger partial charge in [0.2, 0.25) is 0 Å². The van der Waals surface area contributed by atoms with Gasteiger partial charge in [-0.05, 0) is 44.0 Å². The van der Waals surface area contributed by atoms with Crippen LogP contribution in [-0.4, -0.2) is 35.5 Å². The average molecular weight is 513 g/mol. The number of nitrogens with two attached hydrogens (primary N) is 1. The van der Waals surface area contributed by atoms with Crippen molar-refractivity contribution in [1.29, 1.82) is 0 Å². The number of aliphatic hydroxyl groups excluding tert-OH is 1. The van der Waals surface area contributed by atoms with E-state index in [2.05, 4.69) is 15.0 Å². The van der Waals surface area contributed by atoms with Gasteiger partial charge in [0.15, 0.2) is 0 Å². The van der Waals surface area contributed by atoms with Crippen molar-refractivity contribution in [3.05, 3.63) is 90.3 Å². The quantitative estimate of drug-likeness (QED) is 0.318. The fourth-order valence-corrected chi connectivity index (χ4v) is 4.53. The highest BCUT2D eigenvalue weighted by Crippen LogP contribution is 2.39. The molecule has 1 fully saturated rings. The molecule has 10 heteroatoms. The average Bonchev–Trinajstić information content (AvgIpc) is 3.27. The lowest BCUT2D eigenvalue weighted by atomic mass is 9.82. The monoisotopic (exact) mass is 512 g/mol. The first kappa shape index (κ1) is 23.8. The Bertz CT molecular complexity index is 1600. The second kappa shape index (κ2) is 9.71. The summed E-state index contributed by atoms with van der Waals surface area (Å²) >= 11 is 0. The molecule has 0 atom stereocenters. The van der Waals surface area contributed by atoms with Crippen molar-refractivity contribution in [2.24, 2.45) is 0 Å². The maximum absolute atomic E-state index is 14.3. The Morgan fingerprint density at radius 1 is 1.03 bits per heavy atom. The van der Waals surface area contributed by atoms with E-state index in [1.165, 1.54) is 12.1 Å². The van der Waals surface area contributed by atoms with Crippen LogP contribution in [0.3, 0.4) is 0 Å². The van der Waals surface area contributed by atoms with Crippen molar-refractivity contribution in [1.82, 2.24) is 24.3 Å². The highest BCUT2D eigenvalue weighted by atomic mass is 19.1. The third kappa shape index (κ3) is 4.73. The number of nitrogen functional groups attached to an aromatic ring is 1. The van der Waals surface area contributed by atoms with Crippen LogP contribution in [0.2, 0.25) is 0 Å². The van der Waals surface area contributed by atoms with Gasteiger partial charge in [-0.15, -0.1) is 0 Å². The zero-order valence-electron chi connectivity index (χ0n) is 20.6. The maximum atomic E-state index is 14.3. The Hall–Kier alpha value is -4.57. The molecule has 1 saturated carbocycles. The summed E-state index contributed by atoms with van der Waals surface area (Å²) in [7, 11) is 0. The van der Waals surface area contributed by atoms with Crippen LogP contribution >= 0.6 is 0 Å². The van der Waals surface area contributed by atoms with E-state index in [1.807, 2.05) is 22.7 Å². The van der Waals surface area contributed by atoms with E-state index >= 15 is 0 Å². The third-order valence-electron chi connectivity index (χ3n) is 6.54. The molecule has 38 heavy (non-hydrogen) atoms. The Morgan fingerprint density at radius 3 is 2.50 bits per heavy atom. The molecule has 6 rings (SSSR count). The molecular formula is C28H25FN6O3. The minimum absolute atomic E-state index is 0.165. The van der Waals surface area contributed by atoms with Gasteiger partial charge in [0.05, 0.1) is 6.10 Å². The van der Waals surface area contributed by atoms with Gasteiger partial charge in [0.25, 0.3) is 0 Å². The number of halogens is 1. The molecule has 0 aliphatic heterocycles. The Balaban J connectivity index is 1.22. The Labute approximate surface area is 217 Å². The largest absolute Gasteiger partial charge is 0.489 e. The van der Waals surface area contributed by atoms with Crippen molar-refractivity contribution in [3.63, 3.8) is 0 Å². The van der Waals surface area contributed by atoms with Gasteiger partial charge < -0.3 is 20.3 Å². The number of anilines is 1. The van der Waals surface area contributed by atoms with E-state index in [1.54, 1.807) is 43.7 Å². The summed E-state index contributed by atoms with van der Waals surface area (Å²) < 4.78 is 27.9. The van der Waals surface area contributed by atoms with Crippen LogP contribution in [0.4, 0.5) is 10.2 Å². The van der Waals surface area contributed by atoms with Gasteiger partial charge in [-0.1, -0.05) is 0 Å². The fourth-order valence-electron chi connectivity index (χ4n) is 4.53. The van der Waals surface area contributed by atoms with Gasteiger partial charge in [-0.25, -0.2) is 24.3 Å². The number of fused-ring (bicyclic) bond motifs is 1. The highest BCUT2D eigenvalue weighted by molar-refractivity contribution is 5.85. The lowest BCUT2D eigenvalue weighted by molar-refractivity contribution is 0.0715. The molecule has 3 aromatic heterocycles. The number of aromatic nitrogens is 5. The molecule has 9 nitrogen and oxygen atoms in total. The van der Waals surface area contributed by atoms with E-state index < -0.39 is 5.82 Å². The van der Waals surface area contributed by atoms with E-state index in [9.17, 15) is 9.50 Å². The SMILES string of the molecule is Cc1ncc(COc2cc(F)cc(Oc3ccc(-c4nc(C5CC(O)C5)n5ccnc(N)c45)cc3)c2)cn1. The summed E-state index contributed by atoms with van der Waals surface area (Å²) in [5.74, 6) is 2.76. The predicted molar refractivity (Wildman–Crippen MR) is 138 cm³/mol. The summed E-state index contributed by atoms with van der Waals surface area (Å²) in [6.07, 6.45) is 7.89. The molecule has 0 unspecified atom stereocenters. The minimum Gasteiger partial charge on any atom is -0.489 e. The van der Waals surface area contributed by atoms with Gasteiger partial charge in [-0.3, -0.25) is 4.40 Å². The number of rotatable bonds is 7. The van der Waals surface area contributed by atoms with Crippen LogP contribution in [0, 0.1) is 12.7 Å². The van der Waals surface area contributed by atoms with E-state index in [0.717, 1.165) is 22.5 Å². The first-order valence-corrected chi connectivity index (χ1v) is 12.2. The number of hydrogen-bond acceptors (Lipinski definition) is 8. The number of hydrogen-bond donors (Lipinski definition) is 2. The van der Waals surface area contributed by atoms with Crippen molar-refractivity contribution in [2.45, 2.75) is 38.4 Å². The van der Waals surface area contributed by atoms with Crippen LogP contribution in [0.15, 0.2) is 67.3 Å². The lowest BCUT2D eigenvalue weighted by Crippen LogP contribution is -2.27. The first-order valence-electron chi connectivity index (χ1n) is 12.2. The number of aliphatic hydroxyl groups is 1. The number of benzene rings is 2. The summed E-state index contributed by atoms with van der Waals surface area (Å²) in [4.78, 5) is 17.4. The number of aryl methyl sites for hydroxylation is 1. The predicted octanol–water partition coefficient (Wildman–Crippen LogP) is 4.83. The first-order chi connectivity index (χ1) is 18.4. The van der Waals surface area contributed by atoms with Crippen LogP contribution in [0.1, 0.15) is 36.0 Å². The van der Waals surface area contributed by atoms with Crippen molar-refractivity contribution in [3.8, 4) is 28.5 Å². The molecule has 1 aliphatic carbocycles. The second-order valence-corrected chi connectivity index (χ2v) is 9.35. The Morgan fingerprint density at radius 2 is 1.76 bits per heavy atom. The molecule has 2 aromatic carbocycles. The second-order valence-electron chi connectivity index (χ2n) is 9.35. The van der Waals surface area contributed by atoms with Crippen LogP contribution in [0.5, 0.6) is 17.2 Å². The summed E-state index contributed by atoms with van der Waals surface area (Å²) in [6, 6.07) is 11.5. The highest BCUT2D eigenvalue weighted by Gasteiger charge is 2.33. The Kier molecular flexibility index (Phi) is 6.09. The third-order valence-corrected chi connectivity index (χ3v) is 6.54. The zero-order chi connectivity index (χ0) is 26.2. The molecule has 0 radical (unpaired) electrons. The normalized spacial score (nSPS) is 16.8. The number of nitrogens with zero attached hydrogens (tertiary/aromatic N) is 5. The smallest absolute Gasteiger partial charge is 0.150 e. The van der Waals surface area contributed by atoms with Gasteiger partial charge >= 0.3 is 0 Å². The lowest BCUT2D eigenvalue weighted by Gasteiger charge is -2.30. The molecule has 192 valence electrons. The molecule has 0 bridgehead atoms. The molecule has 3 heterocycles. The molecular weight excluding hydrogens is 487 g/mol. The topological polar surface area (TPSA) is 121 Å². The molecule has 0 spiro atoms. The number of imidazole rings is 1. The molecule has 0 saturated heterocycles. The van der Waals surface area contributed by atoms with Crippen LogP contribution in [0.25, 0.3) is 16.8 Å². The number of ether oxygens (including phenoxy) is 2. The van der Waals surface area contributed by atoms with E-state index in [-0.39, 0.29) is 18.6 Å². The zero-order valence-corrected chi connectivity index (χ0v) is 20.6. The van der Waals surface area contributed by atoms with Crippen LogP contribution < -0.4 is 15.2 Å². The van der Waals surface area contributed by atoms with Gasteiger partial charge in [-0.2, -0.15) is 0 Å². The molecule has 1 aliphatic rings. The van der Waals surface area contributed by atoms with Crippen molar-refractivity contribution in [2.75, 3.05) is 5.73 Å². The summed E-state index contributed by atoms with van der Waals surface area (Å²) in [5, 5.41) is 9.78. The maximum Gasteiger partial charge on any atom is 0.150 e. The van der Waals surface area contributed by atoms with Gasteiger partial charge in [0, 0.05) is 60.0 Å². The van der Waals surface area contributed by atoms with E-state index in [4.69, 9.17) is 20.2 Å². The van der Waals surface area contributed by atoms with Gasteiger partial charge in [0.1, 0.15) is 58.3 Å². The summed E-state index contributed by atoms with van der Waals surface area (Å²) in [5.41, 5.74) is 9.27. The molecule has 3 N–H and O–H groups in total. The molecule has 0 amide bonds. The van der Waals surface area contributed by atoms with E-state index in [0.29, 0.717) is 47.4 Å². The fraction of sp³-hybridized carbons (Fsp3) is 0.214. The van der Waals surface area contributed by atoms with Crippen molar-refractivity contribution >= 4 is 11.3 Å². The van der Waals surface area contributed by atoms with Crippen molar-refractivity contribution < 1.29 is 19.0 Å². The summed E-state index contributed by atoms with van der Waals surface area (Å²) in [6.45, 7) is 2.01. The standard InChI is InChI=1S/C28H25FN6O3/c1-16-32-13-17(14-33-16)15-37-23-10-20(29)11-24(12-23)38-22-4-2-18(3-5-22)25-26-27(30)31-6-7-35(26)28(34-25)19-8-21(36)9-19/h2-7,10-14,19,21,36H,8-9,15H2,1H3,(H2,30,31). The van der Waals surface area contributed by atoms with Crippen LogP contribution in [-0.2, 0) is 6.61 Å².